The van der Waals surface area contributed by atoms with Crippen molar-refractivity contribution in [3.05, 3.63) is 0 Å². The highest BCUT2D eigenvalue weighted by molar-refractivity contribution is 9.09. The molecule has 136 valence electrons. The van der Waals surface area contributed by atoms with E-state index in [1.165, 1.54) is 0 Å². The Hall–Kier alpha value is -0.860. The normalized spacial score (nSPS) is 26.8. The molecule has 0 N–H and O–H groups in total. The summed E-state index contributed by atoms with van der Waals surface area (Å²) in [6.07, 6.45) is -5.98. The van der Waals surface area contributed by atoms with E-state index in [2.05, 4.69) is 25.4 Å². The Kier molecular flexibility index (Phi) is 4.45. The van der Waals surface area contributed by atoms with Gasteiger partial charge >= 0.3 is 41.8 Å². The first kappa shape index (κ1) is 20.2. The van der Waals surface area contributed by atoms with Gasteiger partial charge in [-0.2, -0.15) is 39.5 Å². The molecule has 1 saturated carbocycles. The number of carbonyl (C=O) groups excluding carboxylic acids is 1. The minimum Gasteiger partial charge on any atom is -0.376 e. The number of alkyl halides is 12. The third-order valence-corrected chi connectivity index (χ3v) is 3.05. The number of rotatable bonds is 4. The zero-order valence-electron chi connectivity index (χ0n) is 9.97. The van der Waals surface area contributed by atoms with Crippen LogP contribution in [0.3, 0.4) is 0 Å². The highest BCUT2D eigenvalue weighted by atomic mass is 79.9. The minimum absolute atomic E-state index is 1.11. The molecule has 3 nitrogen and oxygen atoms in total. The van der Waals surface area contributed by atoms with Crippen LogP contribution in [0.25, 0.3) is 0 Å². The van der Waals surface area contributed by atoms with Gasteiger partial charge in [0, 0.05) is 0 Å². The Labute approximate surface area is 126 Å². The molecule has 1 fully saturated rings. The predicted molar refractivity (Wildman–Crippen MR) is 49.5 cm³/mol. The van der Waals surface area contributed by atoms with E-state index in [0.717, 1.165) is 0 Å². The predicted octanol–water partition coefficient (Wildman–Crippen LogP) is 3.71. The lowest BCUT2D eigenvalue weighted by molar-refractivity contribution is -0.482. The topological polar surface area (TPSA) is 35.5 Å². The molecule has 0 aromatic rings. The van der Waals surface area contributed by atoms with Gasteiger partial charge in [-0.15, -0.1) is 8.78 Å². The van der Waals surface area contributed by atoms with Gasteiger partial charge in [-0.3, -0.25) is 4.79 Å². The molecular weight excluding hydrogens is 433 g/mol. The molecule has 0 atom stereocenters. The van der Waals surface area contributed by atoms with E-state index in [1.54, 1.807) is 0 Å². The SMILES string of the molecule is O=C(CBr)OC(F)(F)OC1(F)C(F)(F)C(F)(F)C(F)(F)C1(F)F. The van der Waals surface area contributed by atoms with Gasteiger partial charge in [-0.25, -0.2) is 4.74 Å². The first-order valence-corrected chi connectivity index (χ1v) is 6.09. The van der Waals surface area contributed by atoms with E-state index in [9.17, 15) is 53.1 Å². The summed E-state index contributed by atoms with van der Waals surface area (Å²) in [7, 11) is 0. The van der Waals surface area contributed by atoms with E-state index in [1.807, 2.05) is 0 Å². The molecule has 1 aliphatic rings. The molecule has 0 amide bonds. The molecule has 0 aliphatic heterocycles. The average molecular weight is 435 g/mol. The summed E-state index contributed by atoms with van der Waals surface area (Å²) in [5, 5.41) is -1.11. The van der Waals surface area contributed by atoms with Crippen molar-refractivity contribution in [2.75, 3.05) is 5.33 Å². The first-order valence-electron chi connectivity index (χ1n) is 4.97. The van der Waals surface area contributed by atoms with E-state index in [-0.39, 0.29) is 0 Å². The zero-order valence-corrected chi connectivity index (χ0v) is 11.6. The van der Waals surface area contributed by atoms with Crippen LogP contribution >= 0.6 is 15.9 Å². The van der Waals surface area contributed by atoms with Gasteiger partial charge in [-0.1, -0.05) is 15.9 Å². The smallest absolute Gasteiger partial charge is 0.376 e. The van der Waals surface area contributed by atoms with Gasteiger partial charge < -0.3 is 4.74 Å². The lowest BCUT2D eigenvalue weighted by Crippen LogP contribution is -2.59. The fraction of sp³-hybridized carbons (Fsp3) is 0.875. The number of halogens is 12. The molecule has 0 spiro atoms. The summed E-state index contributed by atoms with van der Waals surface area (Å²) >= 11 is 2.18. The fourth-order valence-corrected chi connectivity index (χ4v) is 1.58. The van der Waals surface area contributed by atoms with E-state index in [0.29, 0.717) is 0 Å². The van der Waals surface area contributed by atoms with Crippen molar-refractivity contribution >= 4 is 21.9 Å². The second-order valence-corrected chi connectivity index (χ2v) is 4.63. The molecule has 0 bridgehead atoms. The highest BCUT2D eigenvalue weighted by Gasteiger charge is 3.02. The van der Waals surface area contributed by atoms with Gasteiger partial charge in [0.2, 0.25) is 0 Å². The Balaban J connectivity index is 3.40. The Morgan fingerprint density at radius 3 is 1.48 bits per heavy atom. The van der Waals surface area contributed by atoms with E-state index >= 15 is 0 Å². The Morgan fingerprint density at radius 1 is 0.826 bits per heavy atom. The molecule has 1 rings (SSSR count). The summed E-state index contributed by atoms with van der Waals surface area (Å²) in [5.74, 6) is -37.4. The molecule has 0 saturated heterocycles. The highest BCUT2D eigenvalue weighted by Crippen LogP contribution is 2.70. The van der Waals surface area contributed by atoms with Crippen molar-refractivity contribution in [3.8, 4) is 0 Å². The van der Waals surface area contributed by atoms with Gasteiger partial charge in [0.1, 0.15) is 5.33 Å². The maximum atomic E-state index is 13.5. The summed E-state index contributed by atoms with van der Waals surface area (Å²) in [6, 6.07) is 0. The molecule has 0 radical (unpaired) electrons. The summed E-state index contributed by atoms with van der Waals surface area (Å²) < 4.78 is 147. The van der Waals surface area contributed by atoms with Crippen molar-refractivity contribution < 1.29 is 62.6 Å². The molecule has 1 aliphatic carbocycles. The van der Waals surface area contributed by atoms with E-state index in [4.69, 9.17) is 0 Å². The van der Waals surface area contributed by atoms with Crippen LogP contribution in [0, 0.1) is 0 Å². The molecule has 23 heavy (non-hydrogen) atoms. The third-order valence-electron chi connectivity index (χ3n) is 2.59. The summed E-state index contributed by atoms with van der Waals surface area (Å²) in [5.41, 5.74) is 0. The van der Waals surface area contributed by atoms with Gasteiger partial charge in [-0.05, 0) is 0 Å². The number of esters is 1. The van der Waals surface area contributed by atoms with Gasteiger partial charge in [0.25, 0.3) is 0 Å². The quantitative estimate of drug-likeness (QED) is 0.293. The number of hydrogen-bond acceptors (Lipinski definition) is 3. The van der Waals surface area contributed by atoms with Gasteiger partial charge in [0.15, 0.2) is 0 Å². The average Bonchev–Trinajstić information content (AvgIpc) is 2.39. The van der Waals surface area contributed by atoms with Crippen LogP contribution in [-0.4, -0.2) is 47.1 Å². The van der Waals surface area contributed by atoms with Crippen LogP contribution in [0.2, 0.25) is 0 Å². The van der Waals surface area contributed by atoms with Crippen LogP contribution in [0.1, 0.15) is 0 Å². The van der Waals surface area contributed by atoms with Crippen molar-refractivity contribution in [3.63, 3.8) is 0 Å². The maximum Gasteiger partial charge on any atom is 0.540 e. The van der Waals surface area contributed by atoms with Crippen LogP contribution in [-0.2, 0) is 14.3 Å². The first-order chi connectivity index (χ1) is 9.91. The summed E-state index contributed by atoms with van der Waals surface area (Å²) in [4.78, 5) is 10.5. The number of carbonyl (C=O) groups is 1. The second kappa shape index (κ2) is 5.07. The maximum absolute atomic E-state index is 13.5. The Morgan fingerprint density at radius 2 is 1.17 bits per heavy atom. The molecule has 0 aromatic carbocycles. The molecule has 0 heterocycles. The van der Waals surface area contributed by atoms with Crippen LogP contribution in [0.5, 0.6) is 0 Å². The van der Waals surface area contributed by atoms with Crippen LogP contribution < -0.4 is 0 Å². The third kappa shape index (κ3) is 2.37. The van der Waals surface area contributed by atoms with E-state index < -0.39 is 47.1 Å². The lowest BCUT2D eigenvalue weighted by Gasteiger charge is -2.32. The van der Waals surface area contributed by atoms with Crippen LogP contribution in [0.4, 0.5) is 48.3 Å². The lowest BCUT2D eigenvalue weighted by atomic mass is 10.1. The number of ether oxygens (including phenoxy) is 2. The van der Waals surface area contributed by atoms with Crippen LogP contribution in [0.15, 0.2) is 0 Å². The standard InChI is InChI=1S/C8H2BrF11O3/c9-1-2(21)22-8(19,20)23-7(18)5(14,15)3(10,11)4(12,13)6(7,16)17/h1H2. The summed E-state index contributed by atoms with van der Waals surface area (Å²) in [6.45, 7) is 0. The molecule has 0 unspecified atom stereocenters. The van der Waals surface area contributed by atoms with Crippen molar-refractivity contribution in [2.45, 2.75) is 35.8 Å². The Bertz CT molecular complexity index is 480. The number of hydrogen-bond donors (Lipinski definition) is 0. The van der Waals surface area contributed by atoms with Crippen molar-refractivity contribution in [1.82, 2.24) is 0 Å². The van der Waals surface area contributed by atoms with Crippen molar-refractivity contribution in [1.29, 1.82) is 0 Å². The molecule has 15 heteroatoms. The van der Waals surface area contributed by atoms with Gasteiger partial charge in [0.05, 0.1) is 0 Å². The molecule has 0 aromatic heterocycles. The largest absolute Gasteiger partial charge is 0.540 e. The molecular formula is C8H2BrF11O3. The minimum atomic E-state index is -7.10. The van der Waals surface area contributed by atoms with Crippen molar-refractivity contribution in [2.24, 2.45) is 0 Å². The monoisotopic (exact) mass is 434 g/mol. The fourth-order valence-electron chi connectivity index (χ4n) is 1.47. The second-order valence-electron chi connectivity index (χ2n) is 4.07. The zero-order chi connectivity index (χ0) is 18.7.